The molecular weight excluding hydrogens is 178 g/mol. The van der Waals surface area contributed by atoms with Gasteiger partial charge >= 0.3 is 0 Å². The number of rotatable bonds is 4. The monoisotopic (exact) mass is 193 g/mol. The molecule has 76 valence electrons. The van der Waals surface area contributed by atoms with Gasteiger partial charge < -0.3 is 9.57 Å². The van der Waals surface area contributed by atoms with Crippen LogP contribution in [-0.4, -0.2) is 26.5 Å². The second kappa shape index (κ2) is 5.40. The third-order valence-corrected chi connectivity index (χ3v) is 1.94. The van der Waals surface area contributed by atoms with E-state index in [1.807, 2.05) is 31.2 Å². The van der Waals surface area contributed by atoms with Crippen LogP contribution in [0.5, 0.6) is 0 Å². The summed E-state index contributed by atoms with van der Waals surface area (Å²) in [7, 11) is 3.18. The summed E-state index contributed by atoms with van der Waals surface area (Å²) in [6, 6.07) is 8.02. The Morgan fingerprint density at radius 1 is 1.29 bits per heavy atom. The highest BCUT2D eigenvalue weighted by Gasteiger charge is 2.06. The fourth-order valence-electron chi connectivity index (χ4n) is 1.30. The third kappa shape index (κ3) is 2.57. The van der Waals surface area contributed by atoms with Crippen LogP contribution in [0.1, 0.15) is 11.1 Å². The normalized spacial score (nSPS) is 11.5. The molecule has 0 unspecified atom stereocenters. The lowest BCUT2D eigenvalue weighted by Crippen LogP contribution is -2.10. The van der Waals surface area contributed by atoms with Crippen LogP contribution >= 0.6 is 0 Å². The Kier molecular flexibility index (Phi) is 4.13. The molecule has 0 radical (unpaired) electrons. The molecule has 1 aromatic rings. The summed E-state index contributed by atoms with van der Waals surface area (Å²) in [5.41, 5.74) is 3.05. The van der Waals surface area contributed by atoms with Gasteiger partial charge in [0.15, 0.2) is 0 Å². The van der Waals surface area contributed by atoms with E-state index in [0.717, 1.165) is 11.3 Å². The topological polar surface area (TPSA) is 30.8 Å². The first-order chi connectivity index (χ1) is 6.79. The molecule has 3 nitrogen and oxygen atoms in total. The predicted molar refractivity (Wildman–Crippen MR) is 56.6 cm³/mol. The van der Waals surface area contributed by atoms with Gasteiger partial charge in [-0.25, -0.2) is 0 Å². The summed E-state index contributed by atoms with van der Waals surface area (Å²) in [5, 5.41) is 3.94. The van der Waals surface area contributed by atoms with E-state index < -0.39 is 0 Å². The van der Waals surface area contributed by atoms with Crippen molar-refractivity contribution in [2.75, 3.05) is 20.8 Å². The van der Waals surface area contributed by atoms with Gasteiger partial charge in [0.2, 0.25) is 0 Å². The molecule has 0 bridgehead atoms. The van der Waals surface area contributed by atoms with Crippen LogP contribution in [0, 0.1) is 6.92 Å². The number of ether oxygens (including phenoxy) is 1. The smallest absolute Gasteiger partial charge is 0.113 e. The maximum Gasteiger partial charge on any atom is 0.113 e. The first-order valence-corrected chi connectivity index (χ1v) is 4.44. The van der Waals surface area contributed by atoms with Gasteiger partial charge in [-0.15, -0.1) is 0 Å². The summed E-state index contributed by atoms with van der Waals surface area (Å²) in [6.07, 6.45) is 0. The van der Waals surface area contributed by atoms with Crippen molar-refractivity contribution in [3.63, 3.8) is 0 Å². The van der Waals surface area contributed by atoms with Crippen molar-refractivity contribution in [1.29, 1.82) is 0 Å². The molecular formula is C11H15NO2. The van der Waals surface area contributed by atoms with Gasteiger partial charge in [-0.05, 0) is 12.5 Å². The molecule has 14 heavy (non-hydrogen) atoms. The molecule has 0 saturated heterocycles. The zero-order valence-corrected chi connectivity index (χ0v) is 8.78. The van der Waals surface area contributed by atoms with Crippen molar-refractivity contribution in [3.05, 3.63) is 35.4 Å². The van der Waals surface area contributed by atoms with E-state index in [-0.39, 0.29) is 0 Å². The lowest BCUT2D eigenvalue weighted by Gasteiger charge is -2.07. The van der Waals surface area contributed by atoms with E-state index in [1.165, 1.54) is 12.7 Å². The zero-order valence-electron chi connectivity index (χ0n) is 8.78. The van der Waals surface area contributed by atoms with E-state index in [0.29, 0.717) is 6.61 Å². The van der Waals surface area contributed by atoms with Crippen molar-refractivity contribution >= 4 is 5.71 Å². The predicted octanol–water partition coefficient (Wildman–Crippen LogP) is 1.99. The Bertz CT molecular complexity index is 321. The van der Waals surface area contributed by atoms with Gasteiger partial charge in [0.1, 0.15) is 12.8 Å². The molecule has 0 amide bonds. The van der Waals surface area contributed by atoms with E-state index in [4.69, 9.17) is 9.57 Å². The highest BCUT2D eigenvalue weighted by molar-refractivity contribution is 6.02. The molecule has 0 saturated carbocycles. The summed E-state index contributed by atoms with van der Waals surface area (Å²) in [6.45, 7) is 2.49. The quantitative estimate of drug-likeness (QED) is 0.541. The van der Waals surface area contributed by atoms with E-state index in [2.05, 4.69) is 5.16 Å². The lowest BCUT2D eigenvalue weighted by atomic mass is 10.1. The Hall–Kier alpha value is -1.35. The second-order valence-electron chi connectivity index (χ2n) is 2.97. The minimum absolute atomic E-state index is 0.457. The minimum atomic E-state index is 0.457. The number of hydrogen-bond acceptors (Lipinski definition) is 3. The van der Waals surface area contributed by atoms with E-state index in [1.54, 1.807) is 7.11 Å². The Morgan fingerprint density at radius 3 is 2.57 bits per heavy atom. The Labute approximate surface area is 84.3 Å². The molecule has 0 fully saturated rings. The van der Waals surface area contributed by atoms with Crippen LogP contribution in [0.25, 0.3) is 0 Å². The lowest BCUT2D eigenvalue weighted by molar-refractivity contribution is 0.201. The van der Waals surface area contributed by atoms with Crippen molar-refractivity contribution in [3.8, 4) is 0 Å². The molecule has 3 heteroatoms. The maximum absolute atomic E-state index is 5.06. The van der Waals surface area contributed by atoms with Gasteiger partial charge in [-0.2, -0.15) is 0 Å². The number of benzene rings is 1. The van der Waals surface area contributed by atoms with Crippen molar-refractivity contribution in [1.82, 2.24) is 0 Å². The third-order valence-electron chi connectivity index (χ3n) is 1.94. The van der Waals surface area contributed by atoms with Crippen molar-refractivity contribution < 1.29 is 9.57 Å². The molecule has 0 atom stereocenters. The molecule has 1 aromatic carbocycles. The van der Waals surface area contributed by atoms with E-state index >= 15 is 0 Å². The molecule has 0 aliphatic carbocycles. The van der Waals surface area contributed by atoms with Gasteiger partial charge in [0.05, 0.1) is 6.61 Å². The van der Waals surface area contributed by atoms with Crippen LogP contribution in [0.4, 0.5) is 0 Å². The summed E-state index contributed by atoms with van der Waals surface area (Å²) < 4.78 is 5.06. The highest BCUT2D eigenvalue weighted by Crippen LogP contribution is 2.09. The largest absolute Gasteiger partial charge is 0.399 e. The summed E-state index contributed by atoms with van der Waals surface area (Å²) in [5.74, 6) is 0. The minimum Gasteiger partial charge on any atom is -0.399 e. The molecule has 0 aromatic heterocycles. The first kappa shape index (κ1) is 10.7. The standard InChI is InChI=1S/C11H15NO2/c1-9-6-4-5-7-10(9)11(8-13-2)12-14-3/h4-7H,8H2,1-3H3/b12-11-. The second-order valence-corrected chi connectivity index (χ2v) is 2.97. The Balaban J connectivity index is 2.99. The van der Waals surface area contributed by atoms with E-state index in [9.17, 15) is 0 Å². The highest BCUT2D eigenvalue weighted by atomic mass is 16.6. The molecule has 0 aliphatic heterocycles. The van der Waals surface area contributed by atoms with Crippen LogP contribution in [-0.2, 0) is 9.57 Å². The zero-order chi connectivity index (χ0) is 10.4. The van der Waals surface area contributed by atoms with Crippen molar-refractivity contribution in [2.45, 2.75) is 6.92 Å². The van der Waals surface area contributed by atoms with Crippen LogP contribution in [0.15, 0.2) is 29.4 Å². The SMILES string of the molecule is COC/C(=N/OC)c1ccccc1C. The fraction of sp³-hybridized carbons (Fsp3) is 0.364. The maximum atomic E-state index is 5.06. The molecule has 0 heterocycles. The van der Waals surface area contributed by atoms with Crippen LogP contribution < -0.4 is 0 Å². The Morgan fingerprint density at radius 2 is 2.00 bits per heavy atom. The first-order valence-electron chi connectivity index (χ1n) is 4.44. The van der Waals surface area contributed by atoms with Gasteiger partial charge in [0.25, 0.3) is 0 Å². The fourth-order valence-corrected chi connectivity index (χ4v) is 1.30. The number of methoxy groups -OCH3 is 1. The number of aryl methyl sites for hydroxylation is 1. The van der Waals surface area contributed by atoms with Crippen LogP contribution in [0.2, 0.25) is 0 Å². The van der Waals surface area contributed by atoms with Gasteiger partial charge in [-0.3, -0.25) is 0 Å². The molecule has 0 aliphatic rings. The number of hydrogen-bond donors (Lipinski definition) is 0. The number of oxime groups is 1. The van der Waals surface area contributed by atoms with Gasteiger partial charge in [0, 0.05) is 12.7 Å². The summed E-state index contributed by atoms with van der Waals surface area (Å²) >= 11 is 0. The average Bonchev–Trinajstić information content (AvgIpc) is 2.18. The van der Waals surface area contributed by atoms with Crippen LogP contribution in [0.3, 0.4) is 0 Å². The molecule has 0 N–H and O–H groups in total. The van der Waals surface area contributed by atoms with Crippen molar-refractivity contribution in [2.24, 2.45) is 5.16 Å². The molecule has 0 spiro atoms. The summed E-state index contributed by atoms with van der Waals surface area (Å²) in [4.78, 5) is 4.77. The molecule has 1 rings (SSSR count). The average molecular weight is 193 g/mol. The van der Waals surface area contributed by atoms with Gasteiger partial charge in [-0.1, -0.05) is 29.4 Å². The number of nitrogens with zero attached hydrogens (tertiary/aromatic N) is 1.